The van der Waals surface area contributed by atoms with Crippen molar-refractivity contribution in [3.8, 4) is 0 Å². The van der Waals surface area contributed by atoms with E-state index >= 15 is 0 Å². The Hall–Kier alpha value is -3.02. The molecule has 1 heterocycles. The van der Waals surface area contributed by atoms with Gasteiger partial charge in [-0.3, -0.25) is 19.2 Å². The number of nitrogens with zero attached hydrogens (tertiary/aromatic N) is 2. The fraction of sp³-hybridized carbons (Fsp3) is 0.706. The predicted octanol–water partition coefficient (Wildman–Crippen LogP) is 2.24. The molecule has 1 saturated heterocycles. The van der Waals surface area contributed by atoms with Gasteiger partial charge in [-0.05, 0) is 37.3 Å². The van der Waals surface area contributed by atoms with E-state index in [1.54, 1.807) is 38.1 Å². The Labute approximate surface area is 270 Å². The zero-order chi connectivity index (χ0) is 33.7. The van der Waals surface area contributed by atoms with Gasteiger partial charge in [0.2, 0.25) is 23.6 Å². The van der Waals surface area contributed by atoms with Crippen LogP contribution in [-0.2, 0) is 35.1 Å². The van der Waals surface area contributed by atoms with Gasteiger partial charge >= 0.3 is 0 Å². The van der Waals surface area contributed by atoms with Gasteiger partial charge in [-0.2, -0.15) is 0 Å². The average molecular weight is 632 g/mol. The first-order valence-electron chi connectivity index (χ1n) is 16.3. The number of rotatable bonds is 19. The highest BCUT2D eigenvalue weighted by Crippen LogP contribution is 2.30. The van der Waals surface area contributed by atoms with Crippen LogP contribution >= 0.6 is 0 Å². The van der Waals surface area contributed by atoms with Crippen LogP contribution < -0.4 is 16.0 Å². The summed E-state index contributed by atoms with van der Waals surface area (Å²) in [4.78, 5) is 55.9. The highest BCUT2D eigenvalue weighted by Gasteiger charge is 2.44. The molecule has 0 spiro atoms. The molecule has 45 heavy (non-hydrogen) atoms. The summed E-state index contributed by atoms with van der Waals surface area (Å²) in [6.45, 7) is 10.7. The maximum absolute atomic E-state index is 13.7. The molecule has 2 rings (SSSR count). The molecule has 254 valence electrons. The van der Waals surface area contributed by atoms with Crippen molar-refractivity contribution in [1.82, 2.24) is 25.8 Å². The summed E-state index contributed by atoms with van der Waals surface area (Å²) in [5.41, 5.74) is 1.15. The number of methoxy groups -OCH3 is 2. The van der Waals surface area contributed by atoms with Crippen LogP contribution in [0.1, 0.15) is 59.4 Å². The second-order valence-corrected chi connectivity index (χ2v) is 12.5. The second-order valence-electron chi connectivity index (χ2n) is 12.5. The number of carbonyl (C=O) groups is 4. The van der Waals surface area contributed by atoms with Crippen LogP contribution in [0.2, 0.25) is 0 Å². The van der Waals surface area contributed by atoms with Crippen molar-refractivity contribution in [2.24, 2.45) is 17.8 Å². The van der Waals surface area contributed by atoms with Gasteiger partial charge in [0.1, 0.15) is 0 Å². The van der Waals surface area contributed by atoms with Crippen LogP contribution in [0.3, 0.4) is 0 Å². The molecule has 1 aromatic carbocycles. The van der Waals surface area contributed by atoms with Crippen LogP contribution in [0, 0.1) is 17.8 Å². The van der Waals surface area contributed by atoms with E-state index in [-0.39, 0.29) is 60.5 Å². The minimum absolute atomic E-state index is 0.0339. The molecule has 1 aromatic rings. The first-order chi connectivity index (χ1) is 21.4. The van der Waals surface area contributed by atoms with Crippen LogP contribution in [-0.4, -0.2) is 112 Å². The van der Waals surface area contributed by atoms with Gasteiger partial charge in [-0.25, -0.2) is 0 Å². The third kappa shape index (κ3) is 10.5. The number of hydrogen-bond donors (Lipinski definition) is 3. The molecule has 3 N–H and O–H groups in total. The first-order valence-corrected chi connectivity index (χ1v) is 16.3. The lowest BCUT2D eigenvalue weighted by Gasteiger charge is -2.47. The van der Waals surface area contributed by atoms with E-state index in [1.807, 2.05) is 65.0 Å². The number of likely N-dealkylation sites (N-methyl/N-ethyl adjacent to an activating group) is 2. The molecular weight excluding hydrogens is 574 g/mol. The molecule has 0 aromatic heterocycles. The van der Waals surface area contributed by atoms with Crippen molar-refractivity contribution in [2.75, 3.05) is 47.9 Å². The zero-order valence-electron chi connectivity index (χ0n) is 28.8. The van der Waals surface area contributed by atoms with Crippen molar-refractivity contribution in [3.05, 3.63) is 35.9 Å². The average Bonchev–Trinajstić information content (AvgIpc) is 3.01. The number of carbonyl (C=O) groups excluding carboxylic acids is 4. The number of hydrogen-bond acceptors (Lipinski definition) is 7. The molecule has 0 saturated carbocycles. The summed E-state index contributed by atoms with van der Waals surface area (Å²) >= 11 is 0. The van der Waals surface area contributed by atoms with E-state index in [1.165, 1.54) is 0 Å². The lowest BCUT2D eigenvalue weighted by molar-refractivity contribution is -0.155. The Bertz CT molecular complexity index is 1090. The number of amides is 4. The normalized spacial score (nSPS) is 18.6. The van der Waals surface area contributed by atoms with Crippen LogP contribution in [0.4, 0.5) is 0 Å². The fourth-order valence-corrected chi connectivity index (χ4v) is 6.24. The monoisotopic (exact) mass is 631 g/mol. The quantitative estimate of drug-likeness (QED) is 0.214. The molecule has 1 fully saturated rings. The molecule has 1 aliphatic heterocycles. The predicted molar refractivity (Wildman–Crippen MR) is 175 cm³/mol. The number of likely N-dealkylation sites (tertiary alicyclic amines) is 1. The Kier molecular flexibility index (Phi) is 16.0. The summed E-state index contributed by atoms with van der Waals surface area (Å²) in [6, 6.07) is 8.97. The Morgan fingerprint density at radius 3 is 2.18 bits per heavy atom. The minimum atomic E-state index is -0.557. The number of ether oxygens (including phenoxy) is 2. The molecule has 0 aliphatic carbocycles. The maximum Gasteiger partial charge on any atom is 0.242 e. The third-order valence-corrected chi connectivity index (χ3v) is 9.30. The van der Waals surface area contributed by atoms with E-state index in [2.05, 4.69) is 16.0 Å². The van der Waals surface area contributed by atoms with Crippen molar-refractivity contribution < 1.29 is 28.7 Å². The van der Waals surface area contributed by atoms with Gasteiger partial charge in [0.25, 0.3) is 0 Å². The van der Waals surface area contributed by atoms with Crippen molar-refractivity contribution in [2.45, 2.75) is 90.6 Å². The highest BCUT2D eigenvalue weighted by molar-refractivity contribution is 5.87. The zero-order valence-corrected chi connectivity index (χ0v) is 28.8. The van der Waals surface area contributed by atoms with E-state index in [9.17, 15) is 19.2 Å². The van der Waals surface area contributed by atoms with Gasteiger partial charge in [-0.1, -0.05) is 71.4 Å². The Morgan fingerprint density at radius 1 is 1.00 bits per heavy atom. The summed E-state index contributed by atoms with van der Waals surface area (Å²) in [5.74, 6) is -1.04. The Balaban J connectivity index is 2.04. The lowest BCUT2D eigenvalue weighted by Crippen LogP contribution is -2.61. The highest BCUT2D eigenvalue weighted by atomic mass is 16.5. The summed E-state index contributed by atoms with van der Waals surface area (Å²) in [5, 5.41) is 8.75. The van der Waals surface area contributed by atoms with Gasteiger partial charge in [0.05, 0.1) is 49.2 Å². The standard InChI is InChI=1S/C34H57N5O6/c1-10-23(4)31(38(7)29(41)21-37-34(43)30(35-6)22(2)3)27(44-8)20-28(40)39-19-17-26(39)32(45-9)24(5)33(42)36-18-16-25-14-12-11-13-15-25/h11-15,22-24,26-27,30-32,35H,10,16-21H2,1-9H3,(H,36,42)(H,37,43)/t23?,24-,26+,27-,30+,31+,32-/m1/s1. The number of nitrogens with one attached hydrogen (secondary N) is 3. The summed E-state index contributed by atoms with van der Waals surface area (Å²) < 4.78 is 11.7. The maximum atomic E-state index is 13.7. The van der Waals surface area contributed by atoms with Crippen molar-refractivity contribution >= 4 is 23.6 Å². The van der Waals surface area contributed by atoms with E-state index in [0.29, 0.717) is 13.1 Å². The molecule has 0 bridgehead atoms. The smallest absolute Gasteiger partial charge is 0.242 e. The second kappa shape index (κ2) is 18.8. The van der Waals surface area contributed by atoms with Gasteiger partial charge in [0, 0.05) is 34.4 Å². The molecule has 0 radical (unpaired) electrons. The van der Waals surface area contributed by atoms with Crippen LogP contribution in [0.25, 0.3) is 0 Å². The largest absolute Gasteiger partial charge is 0.379 e. The fourth-order valence-electron chi connectivity index (χ4n) is 6.24. The topological polar surface area (TPSA) is 129 Å². The number of benzene rings is 1. The van der Waals surface area contributed by atoms with E-state index < -0.39 is 24.2 Å². The molecule has 4 amide bonds. The molecule has 7 atom stereocenters. The van der Waals surface area contributed by atoms with Crippen LogP contribution in [0.5, 0.6) is 0 Å². The minimum Gasteiger partial charge on any atom is -0.379 e. The van der Waals surface area contributed by atoms with Crippen molar-refractivity contribution in [1.29, 1.82) is 0 Å². The molecule has 11 nitrogen and oxygen atoms in total. The Morgan fingerprint density at radius 2 is 1.67 bits per heavy atom. The van der Waals surface area contributed by atoms with Crippen LogP contribution in [0.15, 0.2) is 30.3 Å². The van der Waals surface area contributed by atoms with Gasteiger partial charge in [0.15, 0.2) is 0 Å². The molecular formula is C34H57N5O6. The lowest BCUT2D eigenvalue weighted by atomic mass is 9.86. The molecule has 1 aliphatic rings. The SMILES string of the molecule is CCC(C)[C@@H]([C@@H](CC(=O)N1CC[C@H]1[C@H](OC)[C@@H](C)C(=O)NCCc1ccccc1)OC)N(C)C(=O)CNC(=O)[C@@H](NC)C(C)C. The molecule has 11 heteroatoms. The van der Waals surface area contributed by atoms with E-state index in [0.717, 1.165) is 24.8 Å². The van der Waals surface area contributed by atoms with Gasteiger partial charge < -0.3 is 35.2 Å². The third-order valence-electron chi connectivity index (χ3n) is 9.30. The van der Waals surface area contributed by atoms with Crippen molar-refractivity contribution in [3.63, 3.8) is 0 Å². The van der Waals surface area contributed by atoms with E-state index in [4.69, 9.17) is 9.47 Å². The van der Waals surface area contributed by atoms with Gasteiger partial charge in [-0.15, -0.1) is 0 Å². The summed E-state index contributed by atoms with van der Waals surface area (Å²) in [6.07, 6.45) is 1.31. The first kappa shape index (κ1) is 38.2. The summed E-state index contributed by atoms with van der Waals surface area (Å²) in [7, 11) is 6.55. The molecule has 1 unspecified atom stereocenters.